The molecule has 0 bridgehead atoms. The molecule has 0 N–H and O–H groups in total. The van der Waals surface area contributed by atoms with Crippen molar-refractivity contribution in [3.63, 3.8) is 0 Å². The molecule has 0 amide bonds. The summed E-state index contributed by atoms with van der Waals surface area (Å²) in [6, 6.07) is 15.4. The van der Waals surface area contributed by atoms with E-state index in [1.54, 1.807) is 12.1 Å². The molecule has 0 spiro atoms. The van der Waals surface area contributed by atoms with E-state index in [-0.39, 0.29) is 0 Å². The second-order valence-electron chi connectivity index (χ2n) is 6.17. The third-order valence-electron chi connectivity index (χ3n) is 4.49. The van der Waals surface area contributed by atoms with Gasteiger partial charge >= 0.3 is 5.97 Å². The fraction of sp³-hybridized carbons (Fsp3) is 0.200. The topological polar surface area (TPSA) is 41.9 Å². The highest BCUT2D eigenvalue weighted by atomic mass is 35.5. The standard InChI is InChI=1S/C20H17ClN2O2/c21-16-7-5-15(6-8-16)19-18(20(24)25-22-19)13-14-3-9-17(10-4-14)23-11-1-2-12-23/h3-10,13H,1-2,11-12H2. The van der Waals surface area contributed by atoms with Crippen molar-refractivity contribution in [2.75, 3.05) is 18.0 Å². The van der Waals surface area contributed by atoms with E-state index in [4.69, 9.17) is 16.4 Å². The van der Waals surface area contributed by atoms with E-state index in [2.05, 4.69) is 22.2 Å². The quantitative estimate of drug-likeness (QED) is 0.611. The lowest BCUT2D eigenvalue weighted by atomic mass is 10.0. The van der Waals surface area contributed by atoms with Crippen LogP contribution in [0.1, 0.15) is 24.0 Å². The molecular weight excluding hydrogens is 336 g/mol. The number of rotatable bonds is 3. The Morgan fingerprint density at radius 2 is 1.68 bits per heavy atom. The summed E-state index contributed by atoms with van der Waals surface area (Å²) in [5, 5.41) is 4.56. The SMILES string of the molecule is O=C1ON=C(c2ccc(Cl)cc2)C1=Cc1ccc(N2CCCC2)cc1. The van der Waals surface area contributed by atoms with Gasteiger partial charge in [-0.05, 0) is 48.7 Å². The number of carbonyl (C=O) groups is 1. The van der Waals surface area contributed by atoms with Crippen molar-refractivity contribution in [3.8, 4) is 0 Å². The zero-order chi connectivity index (χ0) is 17.2. The highest BCUT2D eigenvalue weighted by molar-refractivity contribution is 6.32. The molecule has 0 aliphatic carbocycles. The smallest absolute Gasteiger partial charge is 0.368 e. The van der Waals surface area contributed by atoms with Crippen LogP contribution in [0.4, 0.5) is 5.69 Å². The van der Waals surface area contributed by atoms with Crippen molar-refractivity contribution in [1.82, 2.24) is 0 Å². The van der Waals surface area contributed by atoms with Gasteiger partial charge in [0.2, 0.25) is 0 Å². The summed E-state index contributed by atoms with van der Waals surface area (Å²) in [7, 11) is 0. The van der Waals surface area contributed by atoms with Crippen molar-refractivity contribution >= 4 is 35.0 Å². The molecule has 0 radical (unpaired) electrons. The molecular formula is C20H17ClN2O2. The molecule has 25 heavy (non-hydrogen) atoms. The highest BCUT2D eigenvalue weighted by Gasteiger charge is 2.26. The third-order valence-corrected chi connectivity index (χ3v) is 4.74. The van der Waals surface area contributed by atoms with Crippen LogP contribution in [0.15, 0.2) is 59.3 Å². The summed E-state index contributed by atoms with van der Waals surface area (Å²) in [5.74, 6) is -0.437. The molecule has 0 unspecified atom stereocenters. The maximum Gasteiger partial charge on any atom is 0.368 e. The molecule has 1 saturated heterocycles. The number of hydrogen-bond donors (Lipinski definition) is 0. The van der Waals surface area contributed by atoms with E-state index < -0.39 is 5.97 Å². The number of benzene rings is 2. The summed E-state index contributed by atoms with van der Waals surface area (Å²) < 4.78 is 0. The Morgan fingerprint density at radius 3 is 2.36 bits per heavy atom. The summed E-state index contributed by atoms with van der Waals surface area (Å²) >= 11 is 5.93. The molecule has 2 aliphatic rings. The van der Waals surface area contributed by atoms with Gasteiger partial charge in [-0.2, -0.15) is 0 Å². The van der Waals surface area contributed by atoms with Gasteiger partial charge in [0.15, 0.2) is 0 Å². The van der Waals surface area contributed by atoms with Gasteiger partial charge in [-0.15, -0.1) is 0 Å². The lowest BCUT2D eigenvalue weighted by molar-refractivity contribution is -0.136. The van der Waals surface area contributed by atoms with Crippen LogP contribution in [0.25, 0.3) is 6.08 Å². The van der Waals surface area contributed by atoms with Crippen molar-refractivity contribution in [1.29, 1.82) is 0 Å². The van der Waals surface area contributed by atoms with Gasteiger partial charge in [-0.1, -0.05) is 41.0 Å². The van der Waals surface area contributed by atoms with Crippen molar-refractivity contribution < 1.29 is 9.63 Å². The summed E-state index contributed by atoms with van der Waals surface area (Å²) in [6.45, 7) is 2.22. The summed E-state index contributed by atoms with van der Waals surface area (Å²) in [4.78, 5) is 19.3. The Bertz CT molecular complexity index is 848. The van der Waals surface area contributed by atoms with Gasteiger partial charge in [0.25, 0.3) is 0 Å². The van der Waals surface area contributed by atoms with Gasteiger partial charge < -0.3 is 9.74 Å². The van der Waals surface area contributed by atoms with Crippen LogP contribution in [0, 0.1) is 0 Å². The molecule has 2 heterocycles. The molecule has 0 aromatic heterocycles. The van der Waals surface area contributed by atoms with Crippen LogP contribution in [0.2, 0.25) is 5.02 Å². The first-order valence-corrected chi connectivity index (χ1v) is 8.71. The second kappa shape index (κ2) is 6.73. The van der Waals surface area contributed by atoms with E-state index in [9.17, 15) is 4.79 Å². The largest absolute Gasteiger partial charge is 0.372 e. The Balaban J connectivity index is 1.61. The fourth-order valence-corrected chi connectivity index (χ4v) is 3.27. The van der Waals surface area contributed by atoms with Crippen molar-refractivity contribution in [2.24, 2.45) is 5.16 Å². The predicted octanol–water partition coefficient (Wildman–Crippen LogP) is 4.28. The average Bonchev–Trinajstić information content (AvgIpc) is 3.28. The Morgan fingerprint density at radius 1 is 1.00 bits per heavy atom. The minimum atomic E-state index is -0.437. The van der Waals surface area contributed by atoms with Crippen molar-refractivity contribution in [2.45, 2.75) is 12.8 Å². The second-order valence-corrected chi connectivity index (χ2v) is 6.61. The van der Waals surface area contributed by atoms with E-state index in [1.165, 1.54) is 18.5 Å². The lowest BCUT2D eigenvalue weighted by Gasteiger charge is -2.17. The van der Waals surface area contributed by atoms with Gasteiger partial charge in [-0.25, -0.2) is 4.79 Å². The minimum Gasteiger partial charge on any atom is -0.372 e. The number of anilines is 1. The fourth-order valence-electron chi connectivity index (χ4n) is 3.15. The maximum absolute atomic E-state index is 12.1. The van der Waals surface area contributed by atoms with Crippen LogP contribution in [-0.4, -0.2) is 24.8 Å². The number of carbonyl (C=O) groups excluding carboxylic acids is 1. The van der Waals surface area contributed by atoms with Gasteiger partial charge in [0.05, 0.1) is 5.57 Å². The summed E-state index contributed by atoms with van der Waals surface area (Å²) in [5.41, 5.74) is 3.95. The Hall–Kier alpha value is -2.59. The van der Waals surface area contributed by atoms with E-state index in [1.807, 2.05) is 30.3 Å². The van der Waals surface area contributed by atoms with E-state index >= 15 is 0 Å². The van der Waals surface area contributed by atoms with Gasteiger partial charge in [0, 0.05) is 29.4 Å². The molecule has 0 atom stereocenters. The van der Waals surface area contributed by atoms with Crippen LogP contribution in [0.5, 0.6) is 0 Å². The Labute approximate surface area is 151 Å². The van der Waals surface area contributed by atoms with Crippen LogP contribution in [0.3, 0.4) is 0 Å². The number of halogens is 1. The first-order valence-electron chi connectivity index (χ1n) is 8.33. The molecule has 2 aromatic rings. The molecule has 2 aromatic carbocycles. The Kier molecular flexibility index (Phi) is 4.28. The molecule has 1 fully saturated rings. The number of hydrogen-bond acceptors (Lipinski definition) is 4. The van der Waals surface area contributed by atoms with Gasteiger partial charge in [-0.3, -0.25) is 0 Å². The first kappa shape index (κ1) is 15.9. The van der Waals surface area contributed by atoms with Crippen LogP contribution >= 0.6 is 11.6 Å². The number of oxime groups is 1. The zero-order valence-corrected chi connectivity index (χ0v) is 14.4. The number of nitrogens with zero attached hydrogens (tertiary/aromatic N) is 2. The summed E-state index contributed by atoms with van der Waals surface area (Å²) in [6.07, 6.45) is 4.31. The molecule has 5 heteroatoms. The molecule has 2 aliphatic heterocycles. The van der Waals surface area contributed by atoms with Crippen LogP contribution < -0.4 is 4.90 Å². The average molecular weight is 353 g/mol. The maximum atomic E-state index is 12.1. The highest BCUT2D eigenvalue weighted by Crippen LogP contribution is 2.24. The van der Waals surface area contributed by atoms with E-state index in [0.717, 1.165) is 24.2 Å². The molecule has 0 saturated carbocycles. The lowest BCUT2D eigenvalue weighted by Crippen LogP contribution is -2.17. The first-order chi connectivity index (χ1) is 12.2. The monoisotopic (exact) mass is 352 g/mol. The zero-order valence-electron chi connectivity index (χ0n) is 13.6. The normalized spacial score (nSPS) is 18.6. The van der Waals surface area contributed by atoms with Gasteiger partial charge in [0.1, 0.15) is 5.71 Å². The minimum absolute atomic E-state index is 0.437. The predicted molar refractivity (Wildman–Crippen MR) is 99.9 cm³/mol. The third kappa shape index (κ3) is 3.30. The molecule has 4 rings (SSSR count). The van der Waals surface area contributed by atoms with E-state index in [0.29, 0.717) is 16.3 Å². The molecule has 4 nitrogen and oxygen atoms in total. The molecule has 126 valence electrons. The van der Waals surface area contributed by atoms with Crippen LogP contribution in [-0.2, 0) is 9.63 Å². The van der Waals surface area contributed by atoms with Crippen molar-refractivity contribution in [3.05, 3.63) is 70.3 Å².